The first-order chi connectivity index (χ1) is 8.22. The van der Waals surface area contributed by atoms with E-state index in [-0.39, 0.29) is 12.3 Å². The first-order valence-corrected chi connectivity index (χ1v) is 8.16. The van der Waals surface area contributed by atoms with Gasteiger partial charge in [-0.05, 0) is 33.6 Å². The molecule has 1 rings (SSSR count). The van der Waals surface area contributed by atoms with E-state index in [1.165, 1.54) is 12.8 Å². The van der Waals surface area contributed by atoms with Gasteiger partial charge < -0.3 is 11.1 Å². The molecule has 1 saturated carbocycles. The minimum absolute atomic E-state index is 0.0452. The average Bonchev–Trinajstić information content (AvgIpc) is 2.68. The third kappa shape index (κ3) is 4.48. The maximum Gasteiger partial charge on any atom is 0.188 e. The summed E-state index contributed by atoms with van der Waals surface area (Å²) in [7, 11) is -3.11. The van der Waals surface area contributed by atoms with Gasteiger partial charge in [-0.1, -0.05) is 12.8 Å². The normalized spacial score (nSPS) is 19.2. The molecule has 1 aliphatic carbocycles. The van der Waals surface area contributed by atoms with E-state index in [2.05, 4.69) is 10.3 Å². The zero-order chi connectivity index (χ0) is 13.8. The summed E-state index contributed by atoms with van der Waals surface area (Å²) in [6.07, 6.45) is 4.69. The van der Waals surface area contributed by atoms with Crippen LogP contribution in [-0.4, -0.2) is 37.5 Å². The van der Waals surface area contributed by atoms with Gasteiger partial charge in [0, 0.05) is 6.04 Å². The van der Waals surface area contributed by atoms with Crippen molar-refractivity contribution < 1.29 is 8.42 Å². The number of nitrogens with one attached hydrogen (secondary N) is 1. The summed E-state index contributed by atoms with van der Waals surface area (Å²) in [5, 5.41) is 3.14. The fourth-order valence-electron chi connectivity index (χ4n) is 1.92. The van der Waals surface area contributed by atoms with Crippen LogP contribution in [0, 0.1) is 0 Å². The second-order valence-electron chi connectivity index (χ2n) is 5.82. The maximum atomic E-state index is 11.8. The van der Waals surface area contributed by atoms with Crippen molar-refractivity contribution in [3.8, 4) is 0 Å². The average molecular weight is 275 g/mol. The van der Waals surface area contributed by atoms with Crippen molar-refractivity contribution in [2.45, 2.75) is 57.2 Å². The highest BCUT2D eigenvalue weighted by molar-refractivity contribution is 7.92. The first kappa shape index (κ1) is 15.3. The van der Waals surface area contributed by atoms with Gasteiger partial charge in [0.1, 0.15) is 0 Å². The number of hydrogen-bond acceptors (Lipinski definition) is 3. The molecule has 0 saturated heterocycles. The standard InChI is InChI=1S/C12H25N3O2S/c1-12(2,3)18(16,17)9-8-14-11(13)15-10-6-4-5-7-10/h10H,4-9H2,1-3H3,(H3,13,14,15). The maximum absolute atomic E-state index is 11.8. The van der Waals surface area contributed by atoms with Crippen LogP contribution in [0.4, 0.5) is 0 Å². The fourth-order valence-corrected chi connectivity index (χ4v) is 2.86. The number of sulfone groups is 1. The lowest BCUT2D eigenvalue weighted by Crippen LogP contribution is -2.39. The minimum Gasteiger partial charge on any atom is -0.370 e. The van der Waals surface area contributed by atoms with Gasteiger partial charge in [-0.15, -0.1) is 0 Å². The van der Waals surface area contributed by atoms with Crippen molar-refractivity contribution >= 4 is 15.8 Å². The molecule has 3 N–H and O–H groups in total. The van der Waals surface area contributed by atoms with Crippen LogP contribution in [0.5, 0.6) is 0 Å². The third-order valence-electron chi connectivity index (χ3n) is 3.28. The summed E-state index contributed by atoms with van der Waals surface area (Å²) < 4.78 is 23.0. The number of guanidine groups is 1. The Hall–Kier alpha value is -0.780. The van der Waals surface area contributed by atoms with E-state index < -0.39 is 14.6 Å². The van der Waals surface area contributed by atoms with E-state index in [0.29, 0.717) is 12.0 Å². The smallest absolute Gasteiger partial charge is 0.188 e. The predicted octanol–water partition coefficient (Wildman–Crippen LogP) is 1.05. The van der Waals surface area contributed by atoms with Crippen LogP contribution in [0.3, 0.4) is 0 Å². The molecule has 1 fully saturated rings. The van der Waals surface area contributed by atoms with E-state index >= 15 is 0 Å². The van der Waals surface area contributed by atoms with Crippen molar-refractivity contribution in [1.82, 2.24) is 5.32 Å². The van der Waals surface area contributed by atoms with E-state index in [1.54, 1.807) is 20.8 Å². The molecule has 0 aliphatic heterocycles. The largest absolute Gasteiger partial charge is 0.370 e. The van der Waals surface area contributed by atoms with Gasteiger partial charge in [-0.25, -0.2) is 8.42 Å². The number of hydrogen-bond donors (Lipinski definition) is 2. The van der Waals surface area contributed by atoms with Crippen molar-refractivity contribution in [2.24, 2.45) is 10.7 Å². The molecule has 1 aliphatic rings. The van der Waals surface area contributed by atoms with Crippen molar-refractivity contribution in [3.63, 3.8) is 0 Å². The zero-order valence-electron chi connectivity index (χ0n) is 11.6. The van der Waals surface area contributed by atoms with Crippen LogP contribution in [0.15, 0.2) is 4.99 Å². The van der Waals surface area contributed by atoms with Crippen LogP contribution in [-0.2, 0) is 9.84 Å². The molecule has 0 aromatic rings. The number of nitrogens with zero attached hydrogens (tertiary/aromatic N) is 1. The molecule has 6 heteroatoms. The summed E-state index contributed by atoms with van der Waals surface area (Å²) in [5.74, 6) is 0.412. The van der Waals surface area contributed by atoms with Crippen LogP contribution >= 0.6 is 0 Å². The lowest BCUT2D eigenvalue weighted by molar-refractivity contribution is 0.560. The Bertz CT molecular complexity index is 390. The molecule has 0 atom stereocenters. The SMILES string of the molecule is CC(C)(C)S(=O)(=O)CCN=C(N)NC1CCCC1. The summed E-state index contributed by atoms with van der Waals surface area (Å²) in [5.41, 5.74) is 5.74. The third-order valence-corrected chi connectivity index (χ3v) is 5.87. The van der Waals surface area contributed by atoms with Crippen molar-refractivity contribution in [1.29, 1.82) is 0 Å². The molecule has 18 heavy (non-hydrogen) atoms. The van der Waals surface area contributed by atoms with E-state index in [1.807, 2.05) is 0 Å². The van der Waals surface area contributed by atoms with Gasteiger partial charge in [-0.3, -0.25) is 4.99 Å². The second-order valence-corrected chi connectivity index (χ2v) is 8.69. The Kier molecular flexibility index (Phi) is 5.01. The molecule has 0 unspecified atom stereocenters. The van der Waals surface area contributed by atoms with Crippen LogP contribution < -0.4 is 11.1 Å². The van der Waals surface area contributed by atoms with Crippen LogP contribution in [0.25, 0.3) is 0 Å². The molecular formula is C12H25N3O2S. The van der Waals surface area contributed by atoms with Gasteiger partial charge in [0.2, 0.25) is 0 Å². The molecule has 0 aromatic heterocycles. The molecular weight excluding hydrogens is 250 g/mol. The summed E-state index contributed by atoms with van der Waals surface area (Å²) >= 11 is 0. The predicted molar refractivity (Wildman–Crippen MR) is 75.4 cm³/mol. The van der Waals surface area contributed by atoms with E-state index in [4.69, 9.17) is 5.73 Å². The molecule has 0 amide bonds. The number of rotatable bonds is 4. The Morgan fingerprint density at radius 2 is 1.89 bits per heavy atom. The summed E-state index contributed by atoms with van der Waals surface area (Å²) in [6.45, 7) is 5.33. The first-order valence-electron chi connectivity index (χ1n) is 6.51. The topological polar surface area (TPSA) is 84.5 Å². The Morgan fingerprint density at radius 3 is 2.39 bits per heavy atom. The summed E-state index contributed by atoms with van der Waals surface area (Å²) in [4.78, 5) is 4.09. The fraction of sp³-hybridized carbons (Fsp3) is 0.917. The van der Waals surface area contributed by atoms with Gasteiger partial charge in [0.25, 0.3) is 0 Å². The quantitative estimate of drug-likeness (QED) is 0.593. The van der Waals surface area contributed by atoms with Crippen LogP contribution in [0.1, 0.15) is 46.5 Å². The lowest BCUT2D eigenvalue weighted by atomic mass is 10.2. The van der Waals surface area contributed by atoms with Gasteiger partial charge >= 0.3 is 0 Å². The van der Waals surface area contributed by atoms with Gasteiger partial charge in [0.15, 0.2) is 15.8 Å². The number of nitrogens with two attached hydrogens (primary N) is 1. The molecule has 5 nitrogen and oxygen atoms in total. The van der Waals surface area contributed by atoms with Crippen LogP contribution in [0.2, 0.25) is 0 Å². The second kappa shape index (κ2) is 5.91. The lowest BCUT2D eigenvalue weighted by Gasteiger charge is -2.18. The molecule has 0 spiro atoms. The van der Waals surface area contributed by atoms with Gasteiger partial charge in [-0.2, -0.15) is 0 Å². The summed E-state index contributed by atoms with van der Waals surface area (Å²) in [6, 6.07) is 0.410. The Labute approximate surface area is 110 Å². The van der Waals surface area contributed by atoms with E-state index in [9.17, 15) is 8.42 Å². The Balaban J connectivity index is 2.40. The minimum atomic E-state index is -3.11. The molecule has 0 bridgehead atoms. The van der Waals surface area contributed by atoms with Crippen molar-refractivity contribution in [3.05, 3.63) is 0 Å². The zero-order valence-corrected chi connectivity index (χ0v) is 12.4. The monoisotopic (exact) mass is 275 g/mol. The highest BCUT2D eigenvalue weighted by atomic mass is 32.2. The van der Waals surface area contributed by atoms with Gasteiger partial charge in [0.05, 0.1) is 17.0 Å². The van der Waals surface area contributed by atoms with Crippen molar-refractivity contribution in [2.75, 3.05) is 12.3 Å². The molecule has 106 valence electrons. The highest BCUT2D eigenvalue weighted by Gasteiger charge is 2.28. The molecule has 0 aromatic carbocycles. The molecule has 0 radical (unpaired) electrons. The molecule has 0 heterocycles. The van der Waals surface area contributed by atoms with E-state index in [0.717, 1.165) is 12.8 Å². The number of aliphatic imine (C=N–C) groups is 1. The Morgan fingerprint density at radius 1 is 1.33 bits per heavy atom. The highest BCUT2D eigenvalue weighted by Crippen LogP contribution is 2.17.